The van der Waals surface area contributed by atoms with Crippen molar-refractivity contribution in [2.45, 2.75) is 27.7 Å². The Morgan fingerprint density at radius 2 is 1.91 bits per heavy atom. The zero-order chi connectivity index (χ0) is 9.07. The Morgan fingerprint density at radius 3 is 2.18 bits per heavy atom. The number of nitrogens with zero attached hydrogens (tertiary/aromatic N) is 1. The second-order valence-corrected chi connectivity index (χ2v) is 3.77. The molecule has 66 valence electrons. The molecule has 0 aromatic rings. The Labute approximate surface area is 69.6 Å². The first-order chi connectivity index (χ1) is 4.90. The topological polar surface area (TPSA) is 20.3 Å². The lowest BCUT2D eigenvalue weighted by Crippen LogP contribution is -2.35. The van der Waals surface area contributed by atoms with E-state index in [-0.39, 0.29) is 11.2 Å². The van der Waals surface area contributed by atoms with E-state index in [2.05, 4.69) is 11.8 Å². The summed E-state index contributed by atoms with van der Waals surface area (Å²) in [6, 6.07) is 0. The van der Waals surface area contributed by atoms with Gasteiger partial charge >= 0.3 is 0 Å². The molecule has 0 aliphatic rings. The van der Waals surface area contributed by atoms with E-state index in [9.17, 15) is 4.79 Å². The fraction of sp³-hybridized carbons (Fsp3) is 0.889. The number of ketones is 1. The summed E-state index contributed by atoms with van der Waals surface area (Å²) in [4.78, 5) is 13.2. The molecule has 0 unspecified atom stereocenters. The van der Waals surface area contributed by atoms with Crippen LogP contribution in [-0.2, 0) is 4.79 Å². The van der Waals surface area contributed by atoms with Crippen molar-refractivity contribution in [2.24, 2.45) is 5.41 Å². The van der Waals surface area contributed by atoms with Gasteiger partial charge in [-0.25, -0.2) is 0 Å². The molecule has 0 radical (unpaired) electrons. The minimum Gasteiger partial charge on any atom is -0.306 e. The van der Waals surface area contributed by atoms with Crippen molar-refractivity contribution in [3.8, 4) is 0 Å². The normalized spacial score (nSPS) is 12.2. The highest BCUT2D eigenvalue weighted by Gasteiger charge is 2.24. The molecule has 0 aliphatic carbocycles. The zero-order valence-electron chi connectivity index (χ0n) is 8.27. The molecule has 0 heterocycles. The van der Waals surface area contributed by atoms with Gasteiger partial charge in [-0.3, -0.25) is 4.79 Å². The molecule has 2 nitrogen and oxygen atoms in total. The van der Waals surface area contributed by atoms with Gasteiger partial charge in [0.1, 0.15) is 5.78 Å². The minimum absolute atomic E-state index is 0.190. The zero-order valence-corrected chi connectivity index (χ0v) is 8.27. The summed E-state index contributed by atoms with van der Waals surface area (Å²) in [5, 5.41) is 0. The molecule has 0 bridgehead atoms. The first-order valence-corrected chi connectivity index (χ1v) is 4.09. The lowest BCUT2D eigenvalue weighted by molar-refractivity contribution is -0.125. The highest BCUT2D eigenvalue weighted by Crippen LogP contribution is 2.16. The van der Waals surface area contributed by atoms with Crippen molar-refractivity contribution in [1.82, 2.24) is 4.90 Å². The van der Waals surface area contributed by atoms with Crippen molar-refractivity contribution in [3.05, 3.63) is 0 Å². The van der Waals surface area contributed by atoms with Crippen LogP contribution in [-0.4, -0.2) is 30.8 Å². The molecule has 0 aromatic carbocycles. The third kappa shape index (κ3) is 3.51. The summed E-state index contributed by atoms with van der Waals surface area (Å²) in [5.74, 6) is 0.262. The van der Waals surface area contributed by atoms with Gasteiger partial charge < -0.3 is 4.90 Å². The van der Waals surface area contributed by atoms with E-state index >= 15 is 0 Å². The first-order valence-electron chi connectivity index (χ1n) is 4.09. The van der Waals surface area contributed by atoms with Crippen LogP contribution in [0.25, 0.3) is 0 Å². The Hall–Kier alpha value is -0.370. The van der Waals surface area contributed by atoms with Crippen LogP contribution in [0.5, 0.6) is 0 Å². The van der Waals surface area contributed by atoms with Crippen LogP contribution in [0.15, 0.2) is 0 Å². The smallest absolute Gasteiger partial charge is 0.136 e. The van der Waals surface area contributed by atoms with Crippen LogP contribution in [0.1, 0.15) is 27.7 Å². The molecule has 0 aliphatic heterocycles. The van der Waals surface area contributed by atoms with Crippen molar-refractivity contribution >= 4 is 5.78 Å². The molecule has 2 heteroatoms. The fourth-order valence-corrected chi connectivity index (χ4v) is 0.898. The van der Waals surface area contributed by atoms with Gasteiger partial charge in [0.15, 0.2) is 0 Å². The van der Waals surface area contributed by atoms with Crippen LogP contribution in [0.4, 0.5) is 0 Å². The number of rotatable bonds is 4. The van der Waals surface area contributed by atoms with Gasteiger partial charge in [-0.15, -0.1) is 0 Å². The Balaban J connectivity index is 4.01. The molecule has 0 aromatic heterocycles. The van der Waals surface area contributed by atoms with Gasteiger partial charge in [0, 0.05) is 12.0 Å². The number of carbonyl (C=O) groups excluding carboxylic acids is 1. The van der Waals surface area contributed by atoms with Crippen LogP contribution < -0.4 is 0 Å². The summed E-state index contributed by atoms with van der Waals surface area (Å²) in [6.45, 7) is 9.57. The maximum Gasteiger partial charge on any atom is 0.136 e. The van der Waals surface area contributed by atoms with Gasteiger partial charge in [0.2, 0.25) is 0 Å². The van der Waals surface area contributed by atoms with Gasteiger partial charge in [-0.2, -0.15) is 0 Å². The lowest BCUT2D eigenvalue weighted by atomic mass is 9.88. The minimum atomic E-state index is -0.190. The molecule has 0 N–H and O–H groups in total. The largest absolute Gasteiger partial charge is 0.306 e. The third-order valence-corrected chi connectivity index (χ3v) is 2.16. The molecular formula is C9H19NO. The summed E-state index contributed by atoms with van der Waals surface area (Å²) >= 11 is 0. The third-order valence-electron chi connectivity index (χ3n) is 2.16. The highest BCUT2D eigenvalue weighted by atomic mass is 16.1. The molecule has 0 atom stereocenters. The summed E-state index contributed by atoms with van der Waals surface area (Å²) in [6.07, 6.45) is 0. The van der Waals surface area contributed by atoms with Crippen LogP contribution >= 0.6 is 0 Å². The molecule has 0 amide bonds. The molecule has 0 fully saturated rings. The summed E-state index contributed by atoms with van der Waals surface area (Å²) < 4.78 is 0. The number of Topliss-reactive ketones (excluding diaryl/α,β-unsaturated/α-hetero) is 1. The molecule has 0 saturated carbocycles. The maximum atomic E-state index is 11.1. The van der Waals surface area contributed by atoms with E-state index in [1.807, 2.05) is 20.9 Å². The second-order valence-electron chi connectivity index (χ2n) is 3.77. The molecule has 0 spiro atoms. The van der Waals surface area contributed by atoms with Crippen molar-refractivity contribution in [1.29, 1.82) is 0 Å². The van der Waals surface area contributed by atoms with Gasteiger partial charge in [-0.1, -0.05) is 20.8 Å². The van der Waals surface area contributed by atoms with Gasteiger partial charge in [0.25, 0.3) is 0 Å². The number of hydrogen-bond acceptors (Lipinski definition) is 2. The Morgan fingerprint density at radius 1 is 1.45 bits per heavy atom. The van der Waals surface area contributed by atoms with Crippen LogP contribution in [0.2, 0.25) is 0 Å². The van der Waals surface area contributed by atoms with E-state index < -0.39 is 0 Å². The maximum absolute atomic E-state index is 11.1. The van der Waals surface area contributed by atoms with Gasteiger partial charge in [-0.05, 0) is 20.5 Å². The van der Waals surface area contributed by atoms with Crippen LogP contribution in [0.3, 0.4) is 0 Å². The Kier molecular flexibility index (Phi) is 3.73. The second kappa shape index (κ2) is 3.86. The average molecular weight is 157 g/mol. The highest BCUT2D eigenvalue weighted by molar-refractivity contribution is 5.81. The Bertz CT molecular complexity index is 140. The quantitative estimate of drug-likeness (QED) is 0.617. The van der Waals surface area contributed by atoms with E-state index in [0.717, 1.165) is 13.1 Å². The monoisotopic (exact) mass is 157 g/mol. The van der Waals surface area contributed by atoms with Crippen molar-refractivity contribution in [2.75, 3.05) is 20.1 Å². The SMILES string of the molecule is CCN(C)CC(C)(C)C(C)=O. The van der Waals surface area contributed by atoms with E-state index in [1.54, 1.807) is 6.92 Å². The average Bonchev–Trinajstić information content (AvgIpc) is 1.86. The van der Waals surface area contributed by atoms with E-state index in [0.29, 0.717) is 0 Å². The lowest BCUT2D eigenvalue weighted by Gasteiger charge is -2.26. The molecule has 0 rings (SSSR count). The molecule has 0 saturated heterocycles. The van der Waals surface area contributed by atoms with Crippen molar-refractivity contribution < 1.29 is 4.79 Å². The summed E-state index contributed by atoms with van der Waals surface area (Å²) in [5.41, 5.74) is -0.190. The molecular weight excluding hydrogens is 138 g/mol. The van der Waals surface area contributed by atoms with E-state index in [1.165, 1.54) is 0 Å². The molecule has 11 heavy (non-hydrogen) atoms. The predicted octanol–water partition coefficient (Wildman–Crippen LogP) is 1.55. The number of hydrogen-bond donors (Lipinski definition) is 0. The first kappa shape index (κ1) is 10.6. The standard InChI is InChI=1S/C9H19NO/c1-6-10(5)7-9(3,4)8(2)11/h6-7H2,1-5H3. The summed E-state index contributed by atoms with van der Waals surface area (Å²) in [7, 11) is 2.03. The van der Waals surface area contributed by atoms with E-state index in [4.69, 9.17) is 0 Å². The van der Waals surface area contributed by atoms with Crippen molar-refractivity contribution in [3.63, 3.8) is 0 Å². The van der Waals surface area contributed by atoms with Crippen LogP contribution in [0, 0.1) is 5.41 Å². The predicted molar refractivity (Wildman–Crippen MR) is 47.6 cm³/mol. The number of carbonyl (C=O) groups is 1. The van der Waals surface area contributed by atoms with Gasteiger partial charge in [0.05, 0.1) is 0 Å². The fourth-order valence-electron chi connectivity index (χ4n) is 0.898.